The highest BCUT2D eigenvalue weighted by Crippen LogP contribution is 2.43. The molecule has 0 spiro atoms. The second kappa shape index (κ2) is 9.37. The molecule has 5 nitrogen and oxygen atoms in total. The van der Waals surface area contributed by atoms with Gasteiger partial charge < -0.3 is 14.7 Å². The fourth-order valence-electron chi connectivity index (χ4n) is 3.84. The Hall–Kier alpha value is -3.16. The first-order chi connectivity index (χ1) is 15.8. The Kier molecular flexibility index (Phi) is 6.54. The third-order valence-corrected chi connectivity index (χ3v) is 6.84. The maximum Gasteiger partial charge on any atom is 0.295 e. The molecule has 1 aliphatic rings. The summed E-state index contributed by atoms with van der Waals surface area (Å²) >= 11 is 7.57. The van der Waals surface area contributed by atoms with Crippen molar-refractivity contribution in [1.29, 1.82) is 0 Å². The third-order valence-electron chi connectivity index (χ3n) is 5.46. The van der Waals surface area contributed by atoms with Crippen molar-refractivity contribution in [2.24, 2.45) is 0 Å². The van der Waals surface area contributed by atoms with Crippen molar-refractivity contribution in [3.05, 3.63) is 91.9 Å². The van der Waals surface area contributed by atoms with E-state index in [0.717, 1.165) is 10.4 Å². The number of amides is 1. The number of Topliss-reactive ketones (excluding diaryl/α,β-unsaturated/α-hetero) is 1. The SMILES string of the molecule is CCOc1cc(/C(O)=C2/C(=O)C(=O)N(Cc3ccc(F)cc3)C2c2sccc2C)ccc1Cl. The number of ketones is 1. The number of hydrogen-bond acceptors (Lipinski definition) is 5. The molecule has 1 N–H and O–H groups in total. The minimum Gasteiger partial charge on any atom is -0.507 e. The summed E-state index contributed by atoms with van der Waals surface area (Å²) in [5.74, 6) is -1.82. The lowest BCUT2D eigenvalue weighted by atomic mass is 9.98. The van der Waals surface area contributed by atoms with Crippen molar-refractivity contribution in [2.75, 3.05) is 6.61 Å². The van der Waals surface area contributed by atoms with Gasteiger partial charge in [0.1, 0.15) is 23.4 Å². The Morgan fingerprint density at radius 3 is 2.55 bits per heavy atom. The molecule has 1 atom stereocenters. The molecule has 0 saturated carbocycles. The van der Waals surface area contributed by atoms with Crippen LogP contribution in [-0.2, 0) is 16.1 Å². The number of carbonyl (C=O) groups is 2. The number of halogens is 2. The Bertz CT molecular complexity index is 1250. The predicted octanol–water partition coefficient (Wildman–Crippen LogP) is 5.87. The van der Waals surface area contributed by atoms with E-state index in [1.807, 2.05) is 25.3 Å². The molecule has 2 heterocycles. The molecule has 1 fully saturated rings. The van der Waals surface area contributed by atoms with Crippen molar-refractivity contribution in [2.45, 2.75) is 26.4 Å². The first-order valence-electron chi connectivity index (χ1n) is 10.3. The minimum atomic E-state index is -0.777. The summed E-state index contributed by atoms with van der Waals surface area (Å²) < 4.78 is 18.9. The lowest BCUT2D eigenvalue weighted by molar-refractivity contribution is -0.140. The zero-order valence-electron chi connectivity index (χ0n) is 18.0. The Labute approximate surface area is 199 Å². The van der Waals surface area contributed by atoms with Crippen LogP contribution in [0.1, 0.15) is 34.5 Å². The zero-order chi connectivity index (χ0) is 23.7. The van der Waals surface area contributed by atoms with E-state index in [2.05, 4.69) is 0 Å². The molecule has 1 aliphatic heterocycles. The van der Waals surface area contributed by atoms with Crippen LogP contribution in [0.25, 0.3) is 5.76 Å². The molecule has 1 aromatic heterocycles. The molecule has 4 rings (SSSR count). The van der Waals surface area contributed by atoms with Gasteiger partial charge in [-0.05, 0) is 66.8 Å². The van der Waals surface area contributed by atoms with Crippen LogP contribution in [-0.4, -0.2) is 28.3 Å². The number of nitrogens with zero attached hydrogens (tertiary/aromatic N) is 1. The van der Waals surface area contributed by atoms with E-state index in [0.29, 0.717) is 28.5 Å². The summed E-state index contributed by atoms with van der Waals surface area (Å²) in [7, 11) is 0. The van der Waals surface area contributed by atoms with Crippen LogP contribution in [0.15, 0.2) is 59.5 Å². The van der Waals surface area contributed by atoms with E-state index in [1.54, 1.807) is 30.3 Å². The molecular formula is C25H21ClFNO4S. The number of aliphatic hydroxyl groups is 1. The van der Waals surface area contributed by atoms with Gasteiger partial charge >= 0.3 is 0 Å². The molecule has 1 amide bonds. The maximum atomic E-state index is 13.4. The summed E-state index contributed by atoms with van der Waals surface area (Å²) in [6, 6.07) is 11.6. The summed E-state index contributed by atoms with van der Waals surface area (Å²) in [6.45, 7) is 4.16. The van der Waals surface area contributed by atoms with E-state index < -0.39 is 17.7 Å². The minimum absolute atomic E-state index is 0.00238. The Morgan fingerprint density at radius 1 is 1.18 bits per heavy atom. The van der Waals surface area contributed by atoms with Gasteiger partial charge in [-0.15, -0.1) is 11.3 Å². The van der Waals surface area contributed by atoms with Crippen LogP contribution in [0.4, 0.5) is 4.39 Å². The number of benzene rings is 2. The van der Waals surface area contributed by atoms with Gasteiger partial charge in [0, 0.05) is 17.0 Å². The summed E-state index contributed by atoms with van der Waals surface area (Å²) in [5, 5.41) is 13.5. The van der Waals surface area contributed by atoms with E-state index in [-0.39, 0.29) is 23.7 Å². The van der Waals surface area contributed by atoms with Crippen LogP contribution in [0, 0.1) is 12.7 Å². The fraction of sp³-hybridized carbons (Fsp3) is 0.200. The highest BCUT2D eigenvalue weighted by molar-refractivity contribution is 7.10. The molecule has 2 aromatic carbocycles. The van der Waals surface area contributed by atoms with Crippen LogP contribution in [0.5, 0.6) is 5.75 Å². The highest BCUT2D eigenvalue weighted by atomic mass is 35.5. The molecule has 1 saturated heterocycles. The van der Waals surface area contributed by atoms with Gasteiger partial charge in [-0.25, -0.2) is 4.39 Å². The molecule has 0 radical (unpaired) electrons. The molecule has 0 bridgehead atoms. The lowest BCUT2D eigenvalue weighted by Gasteiger charge is -2.25. The van der Waals surface area contributed by atoms with E-state index in [4.69, 9.17) is 16.3 Å². The normalized spacial score (nSPS) is 17.6. The molecule has 33 heavy (non-hydrogen) atoms. The zero-order valence-corrected chi connectivity index (χ0v) is 19.5. The lowest BCUT2D eigenvalue weighted by Crippen LogP contribution is -2.29. The third kappa shape index (κ3) is 4.38. The van der Waals surface area contributed by atoms with Crippen molar-refractivity contribution in [3.8, 4) is 5.75 Å². The van der Waals surface area contributed by atoms with Crippen LogP contribution in [0.3, 0.4) is 0 Å². The second-order valence-corrected chi connectivity index (χ2v) is 8.95. The number of aliphatic hydroxyl groups excluding tert-OH is 1. The van der Waals surface area contributed by atoms with Crippen LogP contribution >= 0.6 is 22.9 Å². The Balaban J connectivity index is 1.84. The number of likely N-dealkylation sites (tertiary alicyclic amines) is 1. The van der Waals surface area contributed by atoms with Gasteiger partial charge in [0.25, 0.3) is 11.7 Å². The molecule has 3 aromatic rings. The van der Waals surface area contributed by atoms with Crippen molar-refractivity contribution >= 4 is 40.4 Å². The van der Waals surface area contributed by atoms with Gasteiger partial charge in [-0.1, -0.05) is 23.7 Å². The standard InChI is InChI=1S/C25H21ClFNO4S/c1-3-32-19-12-16(6-9-18(19)26)22(29)20-21(24-14(2)10-11-33-24)28(25(31)23(20)30)13-15-4-7-17(27)8-5-15/h4-12,21,29H,3,13H2,1-2H3/b22-20-. The summed E-state index contributed by atoms with van der Waals surface area (Å²) in [5.41, 5.74) is 1.88. The van der Waals surface area contributed by atoms with Gasteiger partial charge in [-0.2, -0.15) is 0 Å². The number of carbonyl (C=O) groups excluding carboxylic acids is 2. The fourth-order valence-corrected chi connectivity index (χ4v) is 5.06. The van der Waals surface area contributed by atoms with Crippen molar-refractivity contribution in [3.63, 3.8) is 0 Å². The van der Waals surface area contributed by atoms with E-state index in [1.165, 1.54) is 28.4 Å². The number of ether oxygens (including phenoxy) is 1. The van der Waals surface area contributed by atoms with Crippen LogP contribution in [0.2, 0.25) is 5.02 Å². The van der Waals surface area contributed by atoms with E-state index in [9.17, 15) is 19.1 Å². The average Bonchev–Trinajstić information content (AvgIpc) is 3.32. The molecule has 1 unspecified atom stereocenters. The molecule has 0 aliphatic carbocycles. The molecular weight excluding hydrogens is 465 g/mol. The van der Waals surface area contributed by atoms with Gasteiger partial charge in [0.05, 0.1) is 17.2 Å². The number of hydrogen-bond donors (Lipinski definition) is 1. The summed E-state index contributed by atoms with van der Waals surface area (Å²) in [4.78, 5) is 28.4. The van der Waals surface area contributed by atoms with Crippen molar-refractivity contribution < 1.29 is 23.8 Å². The van der Waals surface area contributed by atoms with Crippen molar-refractivity contribution in [1.82, 2.24) is 4.90 Å². The average molecular weight is 486 g/mol. The van der Waals surface area contributed by atoms with Gasteiger partial charge in [-0.3, -0.25) is 9.59 Å². The van der Waals surface area contributed by atoms with Gasteiger partial charge in [0.15, 0.2) is 0 Å². The monoisotopic (exact) mass is 485 g/mol. The number of aryl methyl sites for hydroxylation is 1. The van der Waals surface area contributed by atoms with Gasteiger partial charge in [0.2, 0.25) is 0 Å². The molecule has 170 valence electrons. The summed E-state index contributed by atoms with van der Waals surface area (Å²) in [6.07, 6.45) is 0. The second-order valence-electron chi connectivity index (χ2n) is 7.60. The first kappa shape index (κ1) is 23.0. The largest absolute Gasteiger partial charge is 0.507 e. The van der Waals surface area contributed by atoms with Crippen LogP contribution < -0.4 is 4.74 Å². The Morgan fingerprint density at radius 2 is 1.91 bits per heavy atom. The quantitative estimate of drug-likeness (QED) is 0.269. The number of rotatable bonds is 6. The number of thiophene rings is 1. The maximum absolute atomic E-state index is 13.4. The molecule has 8 heteroatoms. The first-order valence-corrected chi connectivity index (χ1v) is 11.6. The predicted molar refractivity (Wildman–Crippen MR) is 126 cm³/mol. The van der Waals surface area contributed by atoms with E-state index >= 15 is 0 Å². The highest BCUT2D eigenvalue weighted by Gasteiger charge is 2.47. The smallest absolute Gasteiger partial charge is 0.295 e. The topological polar surface area (TPSA) is 66.8 Å².